The number of nitrogens with zero attached hydrogens (tertiary/aromatic N) is 1. The number of carbonyl (C=O) groups is 1. The molecule has 0 aliphatic rings. The van der Waals surface area contributed by atoms with Crippen LogP contribution in [0.25, 0.3) is 21.9 Å². The molecule has 0 fully saturated rings. The summed E-state index contributed by atoms with van der Waals surface area (Å²) in [6.45, 7) is 1.82. The Morgan fingerprint density at radius 3 is 2.68 bits per heavy atom. The minimum absolute atomic E-state index is 0.0229. The Labute approximate surface area is 184 Å². The molecule has 0 aliphatic carbocycles. The number of methoxy groups -OCH3 is 1. The first-order valence-corrected chi connectivity index (χ1v) is 10.5. The molecule has 1 amide bonds. The first-order chi connectivity index (χ1) is 15.0. The molecule has 0 radical (unpaired) electrons. The fraction of sp³-hybridized carbons (Fsp3) is 0.261. The number of benzene rings is 2. The van der Waals surface area contributed by atoms with E-state index in [4.69, 9.17) is 17.0 Å². The van der Waals surface area contributed by atoms with E-state index >= 15 is 0 Å². The minimum Gasteiger partial charge on any atom is -0.497 e. The summed E-state index contributed by atoms with van der Waals surface area (Å²) in [5, 5.41) is 3.77. The lowest BCUT2D eigenvalue weighted by molar-refractivity contribution is -0.122. The van der Waals surface area contributed by atoms with E-state index in [0.717, 1.165) is 23.7 Å². The molecule has 0 aliphatic heterocycles. The first kappa shape index (κ1) is 20.9. The number of hydrogen-bond donors (Lipinski definition) is 3. The van der Waals surface area contributed by atoms with Gasteiger partial charge in [0.2, 0.25) is 5.91 Å². The lowest BCUT2D eigenvalue weighted by atomic mass is 10.1. The number of rotatable bonds is 7. The first-order valence-electron chi connectivity index (χ1n) is 10.1. The van der Waals surface area contributed by atoms with Crippen LogP contribution in [0.3, 0.4) is 0 Å². The quantitative estimate of drug-likeness (QED) is 0.385. The second-order valence-electron chi connectivity index (χ2n) is 7.60. The number of hydrogen-bond acceptors (Lipinski definition) is 4. The number of carbonyl (C=O) groups excluding carboxylic acids is 1. The number of ether oxygens (including phenoxy) is 1. The highest BCUT2D eigenvalue weighted by atomic mass is 32.1. The number of aromatic nitrogens is 3. The Balaban J connectivity index is 1.52. The van der Waals surface area contributed by atoms with Gasteiger partial charge in [0.25, 0.3) is 5.56 Å². The SMILES string of the molecule is COc1ccc2[nH]c3c(=O)n(CC(=O)NC(C)CCc4ccccc4)c(=S)[nH]c3c2c1. The Hall–Kier alpha value is -3.39. The summed E-state index contributed by atoms with van der Waals surface area (Å²) in [5.41, 5.74) is 2.66. The van der Waals surface area contributed by atoms with Crippen molar-refractivity contribution in [2.45, 2.75) is 32.4 Å². The second kappa shape index (κ2) is 8.77. The predicted octanol–water partition coefficient (Wildman–Crippen LogP) is 3.69. The van der Waals surface area contributed by atoms with Crippen LogP contribution in [0.2, 0.25) is 0 Å². The van der Waals surface area contributed by atoms with Gasteiger partial charge in [0, 0.05) is 16.9 Å². The number of fused-ring (bicyclic) bond motifs is 3. The van der Waals surface area contributed by atoms with Crippen LogP contribution in [0.5, 0.6) is 5.75 Å². The summed E-state index contributed by atoms with van der Waals surface area (Å²) in [6, 6.07) is 15.6. The van der Waals surface area contributed by atoms with Crippen LogP contribution in [0.4, 0.5) is 0 Å². The molecule has 31 heavy (non-hydrogen) atoms. The average molecular weight is 437 g/mol. The molecule has 8 heteroatoms. The van der Waals surface area contributed by atoms with Crippen LogP contribution in [0, 0.1) is 4.77 Å². The zero-order chi connectivity index (χ0) is 22.0. The molecule has 4 rings (SSSR count). The van der Waals surface area contributed by atoms with Crippen molar-refractivity contribution in [2.24, 2.45) is 0 Å². The highest BCUT2D eigenvalue weighted by Crippen LogP contribution is 2.25. The molecule has 2 aromatic heterocycles. The Morgan fingerprint density at radius 2 is 1.94 bits per heavy atom. The van der Waals surface area contributed by atoms with Gasteiger partial charge in [0.15, 0.2) is 4.77 Å². The van der Waals surface area contributed by atoms with Gasteiger partial charge in [-0.3, -0.25) is 14.2 Å². The molecule has 0 saturated carbocycles. The van der Waals surface area contributed by atoms with E-state index in [1.165, 1.54) is 10.1 Å². The Morgan fingerprint density at radius 1 is 1.16 bits per heavy atom. The Kier molecular flexibility index (Phi) is 5.90. The average Bonchev–Trinajstić information content (AvgIpc) is 3.13. The molecule has 0 spiro atoms. The van der Waals surface area contributed by atoms with Crippen LogP contribution in [0.1, 0.15) is 18.9 Å². The highest BCUT2D eigenvalue weighted by Gasteiger charge is 2.15. The Bertz CT molecular complexity index is 1350. The van der Waals surface area contributed by atoms with E-state index in [9.17, 15) is 9.59 Å². The van der Waals surface area contributed by atoms with E-state index in [-0.39, 0.29) is 28.8 Å². The number of aromatic amines is 2. The molecular formula is C23H24N4O3S. The fourth-order valence-corrected chi connectivity index (χ4v) is 3.95. The van der Waals surface area contributed by atoms with Gasteiger partial charge >= 0.3 is 0 Å². The number of nitrogens with one attached hydrogen (secondary N) is 3. The van der Waals surface area contributed by atoms with Gasteiger partial charge in [0.1, 0.15) is 17.8 Å². The normalized spacial score (nSPS) is 12.2. The number of aryl methyl sites for hydroxylation is 1. The predicted molar refractivity (Wildman–Crippen MR) is 124 cm³/mol. The van der Waals surface area contributed by atoms with E-state index in [1.54, 1.807) is 7.11 Å². The summed E-state index contributed by atoms with van der Waals surface area (Å²) < 4.78 is 6.76. The van der Waals surface area contributed by atoms with Gasteiger partial charge in [-0.15, -0.1) is 0 Å². The number of amides is 1. The zero-order valence-electron chi connectivity index (χ0n) is 17.4. The van der Waals surface area contributed by atoms with Gasteiger partial charge in [-0.2, -0.15) is 0 Å². The van der Waals surface area contributed by atoms with E-state index < -0.39 is 0 Å². The molecule has 160 valence electrons. The molecule has 3 N–H and O–H groups in total. The standard InChI is InChI=1S/C23H24N4O3S/c1-14(8-9-15-6-4-3-5-7-15)24-19(28)13-27-22(29)21-20(26-23(27)31)17-12-16(30-2)10-11-18(17)25-21/h3-7,10-12,14,25H,8-9,13H2,1-2H3,(H,24,28)(H,26,31). The molecule has 2 heterocycles. The molecule has 0 bridgehead atoms. The van der Waals surface area contributed by atoms with Crippen LogP contribution >= 0.6 is 12.2 Å². The van der Waals surface area contributed by atoms with Crippen molar-refractivity contribution in [3.05, 3.63) is 69.2 Å². The van der Waals surface area contributed by atoms with E-state index in [0.29, 0.717) is 16.8 Å². The van der Waals surface area contributed by atoms with Crippen molar-refractivity contribution < 1.29 is 9.53 Å². The summed E-state index contributed by atoms with van der Waals surface area (Å²) >= 11 is 5.39. The summed E-state index contributed by atoms with van der Waals surface area (Å²) in [7, 11) is 1.59. The van der Waals surface area contributed by atoms with Crippen molar-refractivity contribution >= 4 is 40.1 Å². The lowest BCUT2D eigenvalue weighted by Gasteiger charge is -2.14. The van der Waals surface area contributed by atoms with Crippen LogP contribution in [0.15, 0.2) is 53.3 Å². The summed E-state index contributed by atoms with van der Waals surface area (Å²) in [6.07, 6.45) is 1.67. The van der Waals surface area contributed by atoms with Crippen LogP contribution in [-0.2, 0) is 17.8 Å². The lowest BCUT2D eigenvalue weighted by Crippen LogP contribution is -2.38. The molecule has 0 saturated heterocycles. The van der Waals surface area contributed by atoms with Gasteiger partial charge in [-0.25, -0.2) is 0 Å². The maximum absolute atomic E-state index is 13.0. The van der Waals surface area contributed by atoms with Gasteiger partial charge in [-0.05, 0) is 55.7 Å². The third-order valence-corrected chi connectivity index (χ3v) is 5.68. The van der Waals surface area contributed by atoms with Crippen LogP contribution < -0.4 is 15.6 Å². The maximum atomic E-state index is 13.0. The largest absolute Gasteiger partial charge is 0.497 e. The molecule has 7 nitrogen and oxygen atoms in total. The zero-order valence-corrected chi connectivity index (χ0v) is 18.2. The molecule has 1 atom stereocenters. The van der Waals surface area contributed by atoms with Crippen LogP contribution in [-0.4, -0.2) is 33.6 Å². The molecular weight excluding hydrogens is 412 g/mol. The third-order valence-electron chi connectivity index (χ3n) is 5.36. The van der Waals surface area contributed by atoms with Crippen molar-refractivity contribution in [2.75, 3.05) is 7.11 Å². The highest BCUT2D eigenvalue weighted by molar-refractivity contribution is 7.71. The minimum atomic E-state index is -0.332. The molecule has 1 unspecified atom stereocenters. The summed E-state index contributed by atoms with van der Waals surface area (Å²) in [4.78, 5) is 31.8. The van der Waals surface area contributed by atoms with Crippen molar-refractivity contribution in [1.29, 1.82) is 0 Å². The second-order valence-corrected chi connectivity index (χ2v) is 7.99. The topological polar surface area (TPSA) is 91.9 Å². The smallest absolute Gasteiger partial charge is 0.279 e. The van der Waals surface area contributed by atoms with E-state index in [2.05, 4.69) is 27.4 Å². The van der Waals surface area contributed by atoms with Gasteiger partial charge in [-0.1, -0.05) is 30.3 Å². The van der Waals surface area contributed by atoms with Gasteiger partial charge in [0.05, 0.1) is 12.6 Å². The van der Waals surface area contributed by atoms with Crippen molar-refractivity contribution in [1.82, 2.24) is 19.9 Å². The maximum Gasteiger partial charge on any atom is 0.279 e. The number of H-pyrrole nitrogens is 2. The fourth-order valence-electron chi connectivity index (χ4n) is 3.70. The monoisotopic (exact) mass is 436 g/mol. The molecule has 4 aromatic rings. The van der Waals surface area contributed by atoms with Gasteiger partial charge < -0.3 is 20.0 Å². The summed E-state index contributed by atoms with van der Waals surface area (Å²) in [5.74, 6) is 0.431. The van der Waals surface area contributed by atoms with E-state index in [1.807, 2.05) is 43.3 Å². The van der Waals surface area contributed by atoms with Crippen molar-refractivity contribution in [3.63, 3.8) is 0 Å². The molecule has 2 aromatic carbocycles. The third kappa shape index (κ3) is 4.39. The van der Waals surface area contributed by atoms with Crippen molar-refractivity contribution in [3.8, 4) is 5.75 Å².